The number of aliphatic imine (C=N–C) groups is 1. The molecule has 3 aliphatic rings. The summed E-state index contributed by atoms with van der Waals surface area (Å²) in [6.45, 7) is 5.05. The van der Waals surface area contributed by atoms with Crippen molar-refractivity contribution in [1.29, 1.82) is 0 Å². The van der Waals surface area contributed by atoms with Crippen LogP contribution >= 0.6 is 0 Å². The van der Waals surface area contributed by atoms with E-state index < -0.39 is 18.2 Å². The third kappa shape index (κ3) is 5.67. The second kappa shape index (κ2) is 11.4. The molecule has 37 heavy (non-hydrogen) atoms. The first-order valence-corrected chi connectivity index (χ1v) is 13.7. The number of hydrogen-bond acceptors (Lipinski definition) is 5. The van der Waals surface area contributed by atoms with Gasteiger partial charge in [-0.1, -0.05) is 75.6 Å². The van der Waals surface area contributed by atoms with Crippen LogP contribution in [0.3, 0.4) is 0 Å². The molecule has 4 atom stereocenters. The monoisotopic (exact) mass is 498 g/mol. The largest absolute Gasteiger partial charge is 0.512 e. The lowest BCUT2D eigenvalue weighted by atomic mass is 9.91. The van der Waals surface area contributed by atoms with Gasteiger partial charge < -0.3 is 20.3 Å². The highest BCUT2D eigenvalue weighted by molar-refractivity contribution is 6.11. The van der Waals surface area contributed by atoms with E-state index in [0.717, 1.165) is 37.0 Å². The van der Waals surface area contributed by atoms with E-state index in [-0.39, 0.29) is 5.76 Å². The standard InChI is InChI=1S/C32H38N2O3/c1-3-5-9-21(4-2)20-37-30-19-27(33-32(34-30)31-28(35)12-8-13-29(31)36)25-15-14-24-16-22-10-6-7-11-23(22)17-26(24)18-25/h6,8,10,12-19,21,28,31-32,34-36H,3-5,7,9,11,20H2,1-2H3. The third-order valence-electron chi connectivity index (χ3n) is 7.75. The van der Waals surface area contributed by atoms with Gasteiger partial charge in [0.1, 0.15) is 11.9 Å². The fourth-order valence-electron chi connectivity index (χ4n) is 5.41. The van der Waals surface area contributed by atoms with Gasteiger partial charge in [0.15, 0.2) is 5.88 Å². The van der Waals surface area contributed by atoms with Crippen molar-refractivity contribution < 1.29 is 14.9 Å². The molecule has 5 rings (SSSR count). The Bertz CT molecular complexity index is 1290. The predicted octanol–water partition coefficient (Wildman–Crippen LogP) is 6.58. The highest BCUT2D eigenvalue weighted by Crippen LogP contribution is 2.30. The van der Waals surface area contributed by atoms with E-state index in [1.165, 1.54) is 34.7 Å². The lowest BCUT2D eigenvalue weighted by Crippen LogP contribution is -2.44. The highest BCUT2D eigenvalue weighted by atomic mass is 16.5. The summed E-state index contributed by atoms with van der Waals surface area (Å²) in [4.78, 5) is 4.96. The number of ether oxygens (including phenoxy) is 1. The lowest BCUT2D eigenvalue weighted by Gasteiger charge is -2.33. The van der Waals surface area contributed by atoms with Crippen molar-refractivity contribution in [3.8, 4) is 0 Å². The molecule has 1 heterocycles. The molecular formula is C32H38N2O3. The molecule has 0 aromatic heterocycles. The number of aryl methyl sites for hydroxylation is 1. The minimum absolute atomic E-state index is 0.115. The summed E-state index contributed by atoms with van der Waals surface area (Å²) in [7, 11) is 0. The maximum atomic E-state index is 10.7. The van der Waals surface area contributed by atoms with E-state index >= 15 is 0 Å². The lowest BCUT2D eigenvalue weighted by molar-refractivity contribution is 0.0941. The Morgan fingerprint density at radius 3 is 2.86 bits per heavy atom. The van der Waals surface area contributed by atoms with Gasteiger partial charge in [-0.3, -0.25) is 4.99 Å². The summed E-state index contributed by atoms with van der Waals surface area (Å²) >= 11 is 0. The topological polar surface area (TPSA) is 74.1 Å². The van der Waals surface area contributed by atoms with Crippen molar-refractivity contribution in [1.82, 2.24) is 5.32 Å². The molecule has 2 aliphatic carbocycles. The van der Waals surface area contributed by atoms with Crippen LogP contribution in [0.25, 0.3) is 16.8 Å². The normalized spacial score (nSPS) is 23.5. The summed E-state index contributed by atoms with van der Waals surface area (Å²) in [5, 5.41) is 27.0. The van der Waals surface area contributed by atoms with E-state index in [2.05, 4.69) is 61.6 Å². The van der Waals surface area contributed by atoms with Crippen molar-refractivity contribution in [3.05, 3.63) is 89.0 Å². The van der Waals surface area contributed by atoms with Gasteiger partial charge in [-0.15, -0.1) is 0 Å². The Labute approximate surface area is 220 Å². The summed E-state index contributed by atoms with van der Waals surface area (Å²) in [5.41, 5.74) is 4.46. The van der Waals surface area contributed by atoms with Crippen molar-refractivity contribution in [2.75, 3.05) is 6.61 Å². The van der Waals surface area contributed by atoms with Gasteiger partial charge in [0, 0.05) is 11.6 Å². The molecule has 5 heteroatoms. The van der Waals surface area contributed by atoms with Crippen LogP contribution in [0.1, 0.15) is 62.6 Å². The number of aliphatic hydroxyl groups is 2. The molecule has 2 aromatic rings. The minimum Gasteiger partial charge on any atom is -0.512 e. The highest BCUT2D eigenvalue weighted by Gasteiger charge is 2.34. The van der Waals surface area contributed by atoms with Gasteiger partial charge in [0.05, 0.1) is 24.3 Å². The van der Waals surface area contributed by atoms with Gasteiger partial charge in [-0.25, -0.2) is 0 Å². The molecule has 0 bridgehead atoms. The average Bonchev–Trinajstić information content (AvgIpc) is 2.91. The maximum absolute atomic E-state index is 10.7. The fourth-order valence-corrected chi connectivity index (χ4v) is 5.41. The Hall–Kier alpha value is -3.31. The van der Waals surface area contributed by atoms with Gasteiger partial charge in [0.25, 0.3) is 0 Å². The van der Waals surface area contributed by atoms with Crippen molar-refractivity contribution in [2.45, 2.75) is 64.6 Å². The van der Waals surface area contributed by atoms with E-state index in [9.17, 15) is 10.2 Å². The summed E-state index contributed by atoms with van der Waals surface area (Å²) in [6.07, 6.45) is 16.7. The molecular weight excluding hydrogens is 460 g/mol. The number of aliphatic hydroxyl groups excluding tert-OH is 2. The van der Waals surface area contributed by atoms with Crippen LogP contribution in [0, 0.1) is 11.8 Å². The first-order valence-electron chi connectivity index (χ1n) is 13.7. The molecule has 2 aromatic carbocycles. The molecule has 5 nitrogen and oxygen atoms in total. The quantitative estimate of drug-likeness (QED) is 0.365. The molecule has 0 saturated carbocycles. The second-order valence-corrected chi connectivity index (χ2v) is 10.4. The van der Waals surface area contributed by atoms with Crippen LogP contribution in [-0.4, -0.2) is 34.8 Å². The molecule has 4 unspecified atom stereocenters. The van der Waals surface area contributed by atoms with E-state index in [1.54, 1.807) is 18.2 Å². The van der Waals surface area contributed by atoms with Crippen LogP contribution < -0.4 is 5.32 Å². The number of unbranched alkanes of at least 4 members (excludes halogenated alkanes) is 1. The van der Waals surface area contributed by atoms with Crippen LogP contribution in [-0.2, 0) is 11.2 Å². The molecule has 0 spiro atoms. The molecule has 0 saturated heterocycles. The second-order valence-electron chi connectivity index (χ2n) is 10.4. The zero-order valence-electron chi connectivity index (χ0n) is 21.9. The SMILES string of the molecule is CCCCC(CC)COC1=CC(c2ccc3cc4c(cc3c2)CCC=C4)=NC(C2C(O)=CC=CC2O)N1. The molecule has 0 fully saturated rings. The molecule has 194 valence electrons. The Morgan fingerprint density at radius 2 is 2.05 bits per heavy atom. The van der Waals surface area contributed by atoms with Crippen molar-refractivity contribution in [2.24, 2.45) is 16.8 Å². The number of rotatable bonds is 9. The van der Waals surface area contributed by atoms with Crippen molar-refractivity contribution >= 4 is 22.6 Å². The average molecular weight is 499 g/mol. The number of nitrogens with zero attached hydrogens (tertiary/aromatic N) is 1. The zero-order chi connectivity index (χ0) is 25.8. The third-order valence-corrected chi connectivity index (χ3v) is 7.75. The van der Waals surface area contributed by atoms with Crippen LogP contribution in [0.5, 0.6) is 0 Å². The smallest absolute Gasteiger partial charge is 0.190 e. The number of allylic oxidation sites excluding steroid dienone is 4. The number of fused-ring (bicyclic) bond motifs is 2. The fraction of sp³-hybridized carbons (Fsp3) is 0.406. The first kappa shape index (κ1) is 25.3. The van der Waals surface area contributed by atoms with Gasteiger partial charge in [-0.05, 0) is 65.3 Å². The zero-order valence-corrected chi connectivity index (χ0v) is 21.9. The Balaban J connectivity index is 1.47. The maximum Gasteiger partial charge on any atom is 0.190 e. The first-order chi connectivity index (χ1) is 18.1. The summed E-state index contributed by atoms with van der Waals surface area (Å²) in [5.74, 6) is 0.647. The van der Waals surface area contributed by atoms with E-state index in [4.69, 9.17) is 9.73 Å². The van der Waals surface area contributed by atoms with Gasteiger partial charge in [0.2, 0.25) is 0 Å². The number of benzene rings is 2. The molecule has 0 amide bonds. The van der Waals surface area contributed by atoms with Crippen LogP contribution in [0.2, 0.25) is 0 Å². The molecule has 0 radical (unpaired) electrons. The van der Waals surface area contributed by atoms with Crippen LogP contribution in [0.4, 0.5) is 0 Å². The van der Waals surface area contributed by atoms with Crippen molar-refractivity contribution in [3.63, 3.8) is 0 Å². The number of hydrogen-bond donors (Lipinski definition) is 3. The summed E-state index contributed by atoms with van der Waals surface area (Å²) in [6, 6.07) is 11.0. The summed E-state index contributed by atoms with van der Waals surface area (Å²) < 4.78 is 6.30. The molecule has 1 aliphatic heterocycles. The van der Waals surface area contributed by atoms with Gasteiger partial charge in [-0.2, -0.15) is 0 Å². The number of nitrogens with one attached hydrogen (secondary N) is 1. The van der Waals surface area contributed by atoms with E-state index in [0.29, 0.717) is 18.4 Å². The van der Waals surface area contributed by atoms with Crippen LogP contribution in [0.15, 0.2) is 77.3 Å². The predicted molar refractivity (Wildman–Crippen MR) is 151 cm³/mol. The van der Waals surface area contributed by atoms with Gasteiger partial charge >= 0.3 is 0 Å². The molecule has 3 N–H and O–H groups in total. The minimum atomic E-state index is -0.837. The van der Waals surface area contributed by atoms with E-state index in [1.807, 2.05) is 6.08 Å². The Kier molecular flexibility index (Phi) is 7.80. The Morgan fingerprint density at radius 1 is 1.16 bits per heavy atom.